The van der Waals surface area contributed by atoms with E-state index in [9.17, 15) is 9.59 Å². The van der Waals surface area contributed by atoms with Crippen molar-refractivity contribution in [3.8, 4) is 0 Å². The molecule has 0 radical (unpaired) electrons. The number of rotatable bonds is 13. The molecular formula is C21H35N5O5. The summed E-state index contributed by atoms with van der Waals surface area (Å²) < 4.78 is 18.1. The smallest absolute Gasteiger partial charge is 0.407 e. The van der Waals surface area contributed by atoms with E-state index in [-0.39, 0.29) is 6.09 Å². The maximum atomic E-state index is 11.9. The van der Waals surface area contributed by atoms with Gasteiger partial charge in [0.25, 0.3) is 0 Å². The number of fused-ring (bicyclic) bond motifs is 2. The Bertz CT molecular complexity index is 710. The lowest BCUT2D eigenvalue weighted by Gasteiger charge is -2.12. The zero-order valence-electron chi connectivity index (χ0n) is 18.5. The summed E-state index contributed by atoms with van der Waals surface area (Å²) in [4.78, 5) is 22.0. The van der Waals surface area contributed by atoms with Gasteiger partial charge in [0.05, 0.1) is 44.4 Å². The second-order valence-electron chi connectivity index (χ2n) is 8.41. The monoisotopic (exact) mass is 437 g/mol. The number of hydrogen-bond acceptors (Lipinski definition) is 7. The van der Waals surface area contributed by atoms with Crippen LogP contribution in [0.3, 0.4) is 0 Å². The highest BCUT2D eigenvalue weighted by molar-refractivity contribution is 5.67. The van der Waals surface area contributed by atoms with E-state index >= 15 is 0 Å². The van der Waals surface area contributed by atoms with Crippen molar-refractivity contribution in [2.75, 3.05) is 46.1 Å². The minimum absolute atomic E-state index is 0.329. The molecule has 10 nitrogen and oxygen atoms in total. The molecule has 1 aromatic heterocycles. The highest BCUT2D eigenvalue weighted by atomic mass is 16.6. The molecule has 3 atom stereocenters. The van der Waals surface area contributed by atoms with Crippen LogP contribution in [0.25, 0.3) is 0 Å². The van der Waals surface area contributed by atoms with Crippen LogP contribution in [0, 0.1) is 17.8 Å². The molecule has 0 spiro atoms. The Kier molecular flexibility index (Phi) is 9.08. The summed E-state index contributed by atoms with van der Waals surface area (Å²) in [5.41, 5.74) is 2.42. The Morgan fingerprint density at radius 2 is 1.84 bits per heavy atom. The van der Waals surface area contributed by atoms with Crippen molar-refractivity contribution >= 4 is 12.5 Å². The summed E-state index contributed by atoms with van der Waals surface area (Å²) in [6.45, 7) is 7.38. The van der Waals surface area contributed by atoms with Crippen LogP contribution in [-0.4, -0.2) is 73.6 Å². The van der Waals surface area contributed by atoms with Gasteiger partial charge >= 0.3 is 6.09 Å². The van der Waals surface area contributed by atoms with Crippen LogP contribution in [0.2, 0.25) is 0 Å². The van der Waals surface area contributed by atoms with E-state index < -0.39 is 0 Å². The third-order valence-corrected chi connectivity index (χ3v) is 6.07. The van der Waals surface area contributed by atoms with Gasteiger partial charge in [0.15, 0.2) is 0 Å². The minimum atomic E-state index is -0.389. The number of alkyl carbamates (subject to hydrolysis) is 1. The molecule has 2 unspecified atom stereocenters. The van der Waals surface area contributed by atoms with E-state index in [1.807, 2.05) is 0 Å². The number of carbonyl (C=O) groups excluding carboxylic acids is 2. The summed E-state index contributed by atoms with van der Waals surface area (Å²) in [6, 6.07) is 0.329. The van der Waals surface area contributed by atoms with Crippen LogP contribution in [0.5, 0.6) is 0 Å². The Morgan fingerprint density at radius 1 is 1.13 bits per heavy atom. The number of aromatic nitrogens is 3. The molecule has 3 rings (SSSR count). The Hall–Kier alpha value is -2.20. The maximum Gasteiger partial charge on any atom is 0.407 e. The first-order chi connectivity index (χ1) is 15.1. The zero-order valence-corrected chi connectivity index (χ0v) is 18.5. The van der Waals surface area contributed by atoms with E-state index in [0.29, 0.717) is 76.3 Å². The number of nitrogens with zero attached hydrogens (tertiary/aromatic N) is 3. The number of carbonyl (C=O) groups is 2. The van der Waals surface area contributed by atoms with Crippen LogP contribution in [0.1, 0.15) is 44.1 Å². The summed E-state index contributed by atoms with van der Waals surface area (Å²) in [5.74, 6) is 1.70. The second-order valence-corrected chi connectivity index (χ2v) is 8.41. The topological polar surface area (TPSA) is 117 Å². The number of ether oxygens (including phenoxy) is 3. The van der Waals surface area contributed by atoms with E-state index in [1.54, 1.807) is 0 Å². The average Bonchev–Trinajstić information content (AvgIpc) is 3.23. The number of amides is 2. The maximum absolute atomic E-state index is 11.9. The summed E-state index contributed by atoms with van der Waals surface area (Å²) in [7, 11) is 0. The number of nitrogens with one attached hydrogen (secondary N) is 2. The van der Waals surface area contributed by atoms with Gasteiger partial charge in [-0.2, -0.15) is 0 Å². The molecule has 1 heterocycles. The Labute approximate surface area is 183 Å². The van der Waals surface area contributed by atoms with Crippen LogP contribution >= 0.6 is 0 Å². The molecule has 2 aliphatic rings. The molecule has 0 bridgehead atoms. The Morgan fingerprint density at radius 3 is 2.55 bits per heavy atom. The lowest BCUT2D eigenvalue weighted by atomic mass is 10.0. The predicted molar refractivity (Wildman–Crippen MR) is 113 cm³/mol. The van der Waals surface area contributed by atoms with Gasteiger partial charge < -0.3 is 24.8 Å². The van der Waals surface area contributed by atoms with Gasteiger partial charge in [-0.25, -0.2) is 9.48 Å². The predicted octanol–water partition coefficient (Wildman–Crippen LogP) is 1.11. The summed E-state index contributed by atoms with van der Waals surface area (Å²) in [5, 5.41) is 14.0. The fraction of sp³-hybridized carbons (Fsp3) is 0.810. The average molecular weight is 438 g/mol. The molecule has 0 aromatic carbocycles. The minimum Gasteiger partial charge on any atom is -0.449 e. The van der Waals surface area contributed by atoms with Crippen molar-refractivity contribution < 1.29 is 23.8 Å². The molecular weight excluding hydrogens is 402 g/mol. The molecule has 0 saturated heterocycles. The first-order valence-corrected chi connectivity index (χ1v) is 11.3. The fourth-order valence-corrected chi connectivity index (χ4v) is 4.41. The van der Waals surface area contributed by atoms with Crippen molar-refractivity contribution in [3.63, 3.8) is 0 Å². The third-order valence-electron chi connectivity index (χ3n) is 6.07. The van der Waals surface area contributed by atoms with Crippen molar-refractivity contribution in [1.29, 1.82) is 0 Å². The van der Waals surface area contributed by atoms with Crippen LogP contribution < -0.4 is 10.6 Å². The molecule has 2 amide bonds. The van der Waals surface area contributed by atoms with Gasteiger partial charge in [0.1, 0.15) is 0 Å². The van der Waals surface area contributed by atoms with Crippen LogP contribution in [-0.2, 0) is 31.8 Å². The van der Waals surface area contributed by atoms with Gasteiger partial charge in [-0.3, -0.25) is 4.79 Å². The quantitative estimate of drug-likeness (QED) is 0.351. The zero-order chi connectivity index (χ0) is 22.1. The van der Waals surface area contributed by atoms with Crippen LogP contribution in [0.15, 0.2) is 0 Å². The van der Waals surface area contributed by atoms with Gasteiger partial charge in [-0.15, -0.1) is 5.10 Å². The molecule has 10 heteroatoms. The van der Waals surface area contributed by atoms with Crippen molar-refractivity contribution in [3.05, 3.63) is 11.4 Å². The van der Waals surface area contributed by atoms with Gasteiger partial charge in [0.2, 0.25) is 6.41 Å². The van der Waals surface area contributed by atoms with Gasteiger partial charge in [-0.1, -0.05) is 5.21 Å². The third kappa shape index (κ3) is 6.90. The van der Waals surface area contributed by atoms with Crippen LogP contribution in [0.4, 0.5) is 4.79 Å². The molecule has 0 aliphatic heterocycles. The molecule has 1 saturated carbocycles. The lowest BCUT2D eigenvalue weighted by molar-refractivity contribution is -0.109. The summed E-state index contributed by atoms with van der Waals surface area (Å²) >= 11 is 0. The van der Waals surface area contributed by atoms with E-state index in [0.717, 1.165) is 31.4 Å². The summed E-state index contributed by atoms with van der Waals surface area (Å²) in [6.07, 6.45) is 4.40. The molecule has 2 N–H and O–H groups in total. The second kappa shape index (κ2) is 12.0. The highest BCUT2D eigenvalue weighted by Crippen LogP contribution is 2.52. The van der Waals surface area contributed by atoms with Gasteiger partial charge in [0, 0.05) is 19.1 Å². The fourth-order valence-electron chi connectivity index (χ4n) is 4.41. The first-order valence-electron chi connectivity index (χ1n) is 11.3. The van der Waals surface area contributed by atoms with Crippen molar-refractivity contribution in [2.24, 2.45) is 17.8 Å². The van der Waals surface area contributed by atoms with E-state index in [1.165, 1.54) is 5.69 Å². The number of hydrogen-bond donors (Lipinski definition) is 2. The van der Waals surface area contributed by atoms with E-state index in [4.69, 9.17) is 14.2 Å². The normalized spacial score (nSPS) is 22.1. The molecule has 31 heavy (non-hydrogen) atoms. The SMILES string of the molecule is CC(C)n1nnc2c1CCC1C(CC2)[C@H]1COC(=O)NCCOCCOCCNC=O. The largest absolute Gasteiger partial charge is 0.449 e. The number of aryl methyl sites for hydroxylation is 1. The Balaban J connectivity index is 1.24. The van der Waals surface area contributed by atoms with E-state index in [2.05, 4.69) is 39.5 Å². The van der Waals surface area contributed by atoms with Crippen molar-refractivity contribution in [2.45, 2.75) is 45.6 Å². The lowest BCUT2D eigenvalue weighted by Crippen LogP contribution is -2.29. The molecule has 174 valence electrons. The standard InChI is InChI=1S/C21H35N5O5/c1-15(2)26-20-6-4-17-16(3-5-19(20)24-25-26)18(17)13-31-21(28)23-8-10-30-12-11-29-9-7-22-14-27/h14-18H,3-13H2,1-2H3,(H,22,27)(H,23,28)/t16?,17?,18-/m1/s1. The van der Waals surface area contributed by atoms with Crippen molar-refractivity contribution in [1.82, 2.24) is 25.6 Å². The molecule has 1 fully saturated rings. The van der Waals surface area contributed by atoms with Gasteiger partial charge in [-0.05, 0) is 57.3 Å². The molecule has 2 aliphatic carbocycles. The molecule has 1 aromatic rings. The first kappa shape index (κ1) is 23.5. The highest BCUT2D eigenvalue weighted by Gasteiger charge is 2.50.